The third kappa shape index (κ3) is 5.99. The third-order valence-corrected chi connectivity index (χ3v) is 6.08. The number of methoxy groups -OCH3 is 1. The van der Waals surface area contributed by atoms with E-state index in [1.54, 1.807) is 24.3 Å². The Labute approximate surface area is 185 Å². The summed E-state index contributed by atoms with van der Waals surface area (Å²) < 4.78 is 45.8. The van der Waals surface area contributed by atoms with Crippen molar-refractivity contribution < 1.29 is 27.1 Å². The van der Waals surface area contributed by atoms with Crippen LogP contribution in [0.15, 0.2) is 83.8 Å². The lowest BCUT2D eigenvalue weighted by Gasteiger charge is -2.19. The van der Waals surface area contributed by atoms with E-state index in [-0.39, 0.29) is 11.3 Å². The Balaban J connectivity index is 1.82. The van der Waals surface area contributed by atoms with Crippen molar-refractivity contribution in [3.8, 4) is 0 Å². The Bertz CT molecular complexity index is 1180. The fraction of sp³-hybridized carbons (Fsp3) is 0.130. The number of anilines is 1. The first-order chi connectivity index (χ1) is 15.3. The Morgan fingerprint density at radius 2 is 1.56 bits per heavy atom. The number of rotatable bonds is 8. The van der Waals surface area contributed by atoms with E-state index in [0.717, 1.165) is 29.8 Å². The van der Waals surface area contributed by atoms with Gasteiger partial charge in [-0.05, 0) is 60.5 Å². The topological polar surface area (TPSA) is 102 Å². The van der Waals surface area contributed by atoms with Crippen molar-refractivity contribution in [3.05, 3.63) is 95.8 Å². The number of hydrogen-bond acceptors (Lipinski definition) is 5. The lowest BCUT2D eigenvalue weighted by molar-refractivity contribution is -0.117. The summed E-state index contributed by atoms with van der Waals surface area (Å²) in [6, 6.07) is 18.1. The Kier molecular flexibility index (Phi) is 7.34. The average Bonchev–Trinajstić information content (AvgIpc) is 2.79. The zero-order valence-corrected chi connectivity index (χ0v) is 17.9. The molecule has 0 aliphatic heterocycles. The Morgan fingerprint density at radius 3 is 2.16 bits per heavy atom. The number of amides is 1. The van der Waals surface area contributed by atoms with Crippen LogP contribution in [0.1, 0.15) is 15.9 Å². The summed E-state index contributed by atoms with van der Waals surface area (Å²) in [6.45, 7) is 0. The molecular formula is C23H21FN2O5S. The van der Waals surface area contributed by atoms with E-state index in [1.165, 1.54) is 31.4 Å². The van der Waals surface area contributed by atoms with Crippen LogP contribution in [-0.2, 0) is 26.0 Å². The highest BCUT2D eigenvalue weighted by Crippen LogP contribution is 2.15. The van der Waals surface area contributed by atoms with Crippen LogP contribution in [0.4, 0.5) is 10.1 Å². The molecule has 0 spiro atoms. The number of carbonyl (C=O) groups excluding carboxylic acids is 2. The number of halogens is 1. The van der Waals surface area contributed by atoms with Gasteiger partial charge in [0.1, 0.15) is 11.9 Å². The lowest BCUT2D eigenvalue weighted by atomic mass is 10.1. The predicted octanol–water partition coefficient (Wildman–Crippen LogP) is 3.14. The molecule has 0 heterocycles. The van der Waals surface area contributed by atoms with E-state index < -0.39 is 33.8 Å². The van der Waals surface area contributed by atoms with Crippen molar-refractivity contribution in [2.45, 2.75) is 17.4 Å². The second-order valence-corrected chi connectivity index (χ2v) is 8.59. The van der Waals surface area contributed by atoms with Crippen molar-refractivity contribution in [1.29, 1.82) is 0 Å². The summed E-state index contributed by atoms with van der Waals surface area (Å²) in [4.78, 5) is 24.4. The van der Waals surface area contributed by atoms with Crippen LogP contribution in [-0.4, -0.2) is 33.4 Å². The summed E-state index contributed by atoms with van der Waals surface area (Å²) >= 11 is 0. The first-order valence-electron chi connectivity index (χ1n) is 9.59. The van der Waals surface area contributed by atoms with Crippen molar-refractivity contribution >= 4 is 27.6 Å². The van der Waals surface area contributed by atoms with Gasteiger partial charge in [-0.1, -0.05) is 30.3 Å². The molecule has 3 aromatic rings. The van der Waals surface area contributed by atoms with Gasteiger partial charge >= 0.3 is 5.97 Å². The fourth-order valence-corrected chi connectivity index (χ4v) is 4.14. The minimum absolute atomic E-state index is 0.0906. The number of benzene rings is 3. The Morgan fingerprint density at radius 1 is 0.938 bits per heavy atom. The molecule has 3 rings (SSSR count). The largest absolute Gasteiger partial charge is 0.465 e. The SMILES string of the molecule is COC(=O)c1ccc(NC(=O)C(Cc2ccccc2)NS(=O)(=O)c2ccc(F)cc2)cc1. The van der Waals surface area contributed by atoms with Crippen LogP contribution in [0.3, 0.4) is 0 Å². The lowest BCUT2D eigenvalue weighted by Crippen LogP contribution is -2.45. The second kappa shape index (κ2) is 10.2. The van der Waals surface area contributed by atoms with E-state index >= 15 is 0 Å². The molecule has 3 aromatic carbocycles. The first-order valence-corrected chi connectivity index (χ1v) is 11.1. The maximum Gasteiger partial charge on any atom is 0.337 e. The molecule has 32 heavy (non-hydrogen) atoms. The van der Waals surface area contributed by atoms with Crippen molar-refractivity contribution in [3.63, 3.8) is 0 Å². The normalized spacial score (nSPS) is 12.1. The molecule has 0 fully saturated rings. The predicted molar refractivity (Wildman–Crippen MR) is 117 cm³/mol. The van der Waals surface area contributed by atoms with Crippen LogP contribution in [0.25, 0.3) is 0 Å². The van der Waals surface area contributed by atoms with Crippen molar-refractivity contribution in [2.24, 2.45) is 0 Å². The molecule has 0 saturated heterocycles. The van der Waals surface area contributed by atoms with Gasteiger partial charge in [-0.3, -0.25) is 4.79 Å². The van der Waals surface area contributed by atoms with Crippen LogP contribution in [0.5, 0.6) is 0 Å². The van der Waals surface area contributed by atoms with Crippen LogP contribution in [0, 0.1) is 5.82 Å². The van der Waals surface area contributed by atoms with Crippen molar-refractivity contribution in [1.82, 2.24) is 4.72 Å². The van der Waals surface area contributed by atoms with Gasteiger partial charge in [0, 0.05) is 5.69 Å². The van der Waals surface area contributed by atoms with Gasteiger partial charge in [-0.2, -0.15) is 4.72 Å². The zero-order valence-electron chi connectivity index (χ0n) is 17.1. The van der Waals surface area contributed by atoms with Crippen LogP contribution >= 0.6 is 0 Å². The van der Waals surface area contributed by atoms with Gasteiger partial charge in [-0.25, -0.2) is 17.6 Å². The molecule has 0 aromatic heterocycles. The molecule has 7 nitrogen and oxygen atoms in total. The van der Waals surface area contributed by atoms with E-state index in [2.05, 4.69) is 14.8 Å². The smallest absolute Gasteiger partial charge is 0.337 e. The van der Waals surface area contributed by atoms with E-state index in [0.29, 0.717) is 11.3 Å². The van der Waals surface area contributed by atoms with Gasteiger partial charge < -0.3 is 10.1 Å². The zero-order chi connectivity index (χ0) is 23.1. The maximum atomic E-state index is 13.2. The first kappa shape index (κ1) is 23.1. The molecule has 0 radical (unpaired) electrons. The maximum absolute atomic E-state index is 13.2. The van der Waals surface area contributed by atoms with Crippen LogP contribution in [0.2, 0.25) is 0 Å². The minimum Gasteiger partial charge on any atom is -0.465 e. The number of ether oxygens (including phenoxy) is 1. The highest BCUT2D eigenvalue weighted by Gasteiger charge is 2.26. The minimum atomic E-state index is -4.09. The van der Waals surface area contributed by atoms with E-state index in [9.17, 15) is 22.4 Å². The molecule has 0 saturated carbocycles. The number of sulfonamides is 1. The molecule has 1 unspecified atom stereocenters. The second-order valence-electron chi connectivity index (χ2n) is 6.88. The van der Waals surface area contributed by atoms with Gasteiger partial charge in [0.05, 0.1) is 17.6 Å². The highest BCUT2D eigenvalue weighted by molar-refractivity contribution is 7.89. The van der Waals surface area contributed by atoms with Crippen LogP contribution < -0.4 is 10.0 Å². The van der Waals surface area contributed by atoms with E-state index in [4.69, 9.17) is 0 Å². The quantitative estimate of drug-likeness (QED) is 0.507. The molecule has 166 valence electrons. The van der Waals surface area contributed by atoms with Gasteiger partial charge in [0.2, 0.25) is 15.9 Å². The summed E-state index contributed by atoms with van der Waals surface area (Å²) in [5.41, 5.74) is 1.43. The summed E-state index contributed by atoms with van der Waals surface area (Å²) in [5.74, 6) is -1.68. The summed E-state index contributed by atoms with van der Waals surface area (Å²) in [5, 5.41) is 2.65. The van der Waals surface area contributed by atoms with Gasteiger partial charge in [0.15, 0.2) is 0 Å². The molecule has 1 atom stereocenters. The molecule has 0 bridgehead atoms. The van der Waals surface area contributed by atoms with Gasteiger partial charge in [-0.15, -0.1) is 0 Å². The van der Waals surface area contributed by atoms with Gasteiger partial charge in [0.25, 0.3) is 0 Å². The number of esters is 1. The summed E-state index contributed by atoms with van der Waals surface area (Å²) in [6.07, 6.45) is 0.0906. The molecule has 1 amide bonds. The Hall–Kier alpha value is -3.56. The van der Waals surface area contributed by atoms with E-state index in [1.807, 2.05) is 6.07 Å². The highest BCUT2D eigenvalue weighted by atomic mass is 32.2. The third-order valence-electron chi connectivity index (χ3n) is 4.59. The number of carbonyl (C=O) groups is 2. The monoisotopic (exact) mass is 456 g/mol. The standard InChI is InChI=1S/C23H21FN2O5S/c1-31-23(28)17-7-11-19(12-8-17)25-22(27)21(15-16-5-3-2-4-6-16)26-32(29,30)20-13-9-18(24)10-14-20/h2-14,21,26H,15H2,1H3,(H,25,27). The molecule has 2 N–H and O–H groups in total. The molecule has 0 aliphatic carbocycles. The average molecular weight is 456 g/mol. The fourth-order valence-electron chi connectivity index (χ4n) is 2.94. The molecule has 9 heteroatoms. The van der Waals surface area contributed by atoms with Crippen molar-refractivity contribution in [2.75, 3.05) is 12.4 Å². The number of nitrogens with one attached hydrogen (secondary N) is 2. The number of hydrogen-bond donors (Lipinski definition) is 2. The molecular weight excluding hydrogens is 435 g/mol. The summed E-state index contributed by atoms with van der Waals surface area (Å²) in [7, 11) is -2.83. The molecule has 0 aliphatic rings.